The van der Waals surface area contributed by atoms with Gasteiger partial charge in [-0.05, 0) is 73.6 Å². The van der Waals surface area contributed by atoms with E-state index in [-0.39, 0.29) is 18.3 Å². The highest BCUT2D eigenvalue weighted by Crippen LogP contribution is 2.37. The molecule has 0 atom stereocenters. The maximum absolute atomic E-state index is 6.26. The lowest BCUT2D eigenvalue weighted by Crippen LogP contribution is -2.41. The second-order valence-electron chi connectivity index (χ2n) is 10.7. The fraction of sp³-hybridized carbons (Fsp3) is 0.393. The first-order valence-corrected chi connectivity index (χ1v) is 12.2. The van der Waals surface area contributed by atoms with Gasteiger partial charge in [0.2, 0.25) is 0 Å². The number of nitrogens with one attached hydrogen (secondary N) is 1. The second-order valence-corrected chi connectivity index (χ2v) is 10.7. The molecule has 2 heterocycles. The van der Waals surface area contributed by atoms with Gasteiger partial charge < -0.3 is 14.3 Å². The first-order valence-electron chi connectivity index (χ1n) is 12.2. The third kappa shape index (κ3) is 3.49. The standard InChI is InChI=1S/C28H31BN2O2/c1-27(2)28(3,4)33-29(32-27)22-12-14-24-20(16-22)10-9-19-15-21(11-13-23(19)24)25-17-30-26(31-25)18-7-5-6-8-18/h9-18H,5-8H2,1-4H3,(H,30,31). The molecule has 2 aliphatic rings. The number of aromatic nitrogens is 2. The minimum Gasteiger partial charge on any atom is -0.399 e. The molecule has 1 aliphatic carbocycles. The smallest absolute Gasteiger partial charge is 0.399 e. The van der Waals surface area contributed by atoms with Crippen molar-refractivity contribution in [2.45, 2.75) is 70.5 Å². The lowest BCUT2D eigenvalue weighted by molar-refractivity contribution is 0.00578. The van der Waals surface area contributed by atoms with Crippen molar-refractivity contribution < 1.29 is 9.31 Å². The van der Waals surface area contributed by atoms with Crippen molar-refractivity contribution in [2.75, 3.05) is 0 Å². The third-order valence-corrected chi connectivity index (χ3v) is 8.03. The fourth-order valence-electron chi connectivity index (χ4n) is 5.27. The fourth-order valence-corrected chi connectivity index (χ4v) is 5.27. The summed E-state index contributed by atoms with van der Waals surface area (Å²) in [6.45, 7) is 8.37. The Hall–Kier alpha value is -2.63. The van der Waals surface area contributed by atoms with Gasteiger partial charge in [-0.3, -0.25) is 0 Å². The van der Waals surface area contributed by atoms with E-state index in [1.807, 2.05) is 6.20 Å². The van der Waals surface area contributed by atoms with Crippen molar-refractivity contribution in [3.63, 3.8) is 0 Å². The number of aromatic amines is 1. The molecule has 3 aromatic carbocycles. The summed E-state index contributed by atoms with van der Waals surface area (Å²) in [7, 11) is -0.341. The zero-order valence-corrected chi connectivity index (χ0v) is 19.9. The topological polar surface area (TPSA) is 47.1 Å². The summed E-state index contributed by atoms with van der Waals surface area (Å²) in [4.78, 5) is 8.28. The Labute approximate surface area is 195 Å². The van der Waals surface area contributed by atoms with Crippen LogP contribution in [0.1, 0.15) is 65.1 Å². The number of H-pyrrole nitrogens is 1. The van der Waals surface area contributed by atoms with E-state index in [0.717, 1.165) is 17.0 Å². The van der Waals surface area contributed by atoms with Crippen LogP contribution in [-0.2, 0) is 9.31 Å². The maximum atomic E-state index is 6.26. The number of fused-ring (bicyclic) bond motifs is 3. The molecule has 0 spiro atoms. The summed E-state index contributed by atoms with van der Waals surface area (Å²) in [5.41, 5.74) is 2.68. The second kappa shape index (κ2) is 7.44. The highest BCUT2D eigenvalue weighted by molar-refractivity contribution is 6.62. The number of rotatable bonds is 3. The lowest BCUT2D eigenvalue weighted by atomic mass is 9.78. The van der Waals surface area contributed by atoms with Crippen LogP contribution in [0.3, 0.4) is 0 Å². The molecule has 1 saturated carbocycles. The minimum absolute atomic E-state index is 0.337. The molecule has 0 radical (unpaired) electrons. The monoisotopic (exact) mass is 438 g/mol. The van der Waals surface area contributed by atoms with Gasteiger partial charge in [-0.15, -0.1) is 0 Å². The van der Waals surface area contributed by atoms with Crippen molar-refractivity contribution in [3.8, 4) is 11.3 Å². The predicted molar refractivity (Wildman–Crippen MR) is 136 cm³/mol. The summed E-state index contributed by atoms with van der Waals surface area (Å²) in [6, 6.07) is 17.7. The molecule has 2 fully saturated rings. The van der Waals surface area contributed by atoms with Gasteiger partial charge in [-0.2, -0.15) is 0 Å². The number of nitrogens with zero attached hydrogens (tertiary/aromatic N) is 1. The SMILES string of the molecule is CC1(C)OB(c2ccc3c(ccc4cc(-c5cnc(C6CCCC6)[nH]5)ccc43)c2)OC1(C)C. The summed E-state index contributed by atoms with van der Waals surface area (Å²) in [6.07, 6.45) is 7.14. The van der Waals surface area contributed by atoms with E-state index in [0.29, 0.717) is 5.92 Å². The quantitative estimate of drug-likeness (QED) is 0.300. The van der Waals surface area contributed by atoms with Crippen molar-refractivity contribution in [1.82, 2.24) is 9.97 Å². The van der Waals surface area contributed by atoms with Crippen molar-refractivity contribution in [2.24, 2.45) is 0 Å². The molecular weight excluding hydrogens is 407 g/mol. The van der Waals surface area contributed by atoms with Gasteiger partial charge in [0.25, 0.3) is 0 Å². The number of hydrogen-bond donors (Lipinski definition) is 1. The molecule has 6 rings (SSSR count). The Morgan fingerprint density at radius 1 is 0.848 bits per heavy atom. The van der Waals surface area contributed by atoms with Crippen LogP contribution >= 0.6 is 0 Å². The van der Waals surface area contributed by atoms with Crippen LogP contribution < -0.4 is 5.46 Å². The Morgan fingerprint density at radius 3 is 2.18 bits per heavy atom. The zero-order chi connectivity index (χ0) is 22.8. The van der Waals surface area contributed by atoms with Crippen molar-refractivity contribution in [3.05, 3.63) is 60.6 Å². The largest absolute Gasteiger partial charge is 0.494 e. The third-order valence-electron chi connectivity index (χ3n) is 8.03. The molecule has 4 aromatic rings. The first-order chi connectivity index (χ1) is 15.8. The van der Waals surface area contributed by atoms with Gasteiger partial charge in [0, 0.05) is 11.5 Å². The van der Waals surface area contributed by atoms with E-state index < -0.39 is 0 Å². The first kappa shape index (κ1) is 20.9. The van der Waals surface area contributed by atoms with Crippen LogP contribution in [0, 0.1) is 0 Å². The van der Waals surface area contributed by atoms with Gasteiger partial charge >= 0.3 is 7.12 Å². The van der Waals surface area contributed by atoms with E-state index >= 15 is 0 Å². The Bertz CT molecular complexity index is 1330. The molecule has 1 saturated heterocycles. The van der Waals surface area contributed by atoms with Crippen LogP contribution in [0.5, 0.6) is 0 Å². The van der Waals surface area contributed by atoms with Crippen LogP contribution in [0.4, 0.5) is 0 Å². The molecule has 168 valence electrons. The van der Waals surface area contributed by atoms with E-state index in [4.69, 9.17) is 14.3 Å². The molecular formula is C28H31BN2O2. The van der Waals surface area contributed by atoms with Gasteiger partial charge in [-0.25, -0.2) is 4.98 Å². The van der Waals surface area contributed by atoms with Gasteiger partial charge in [-0.1, -0.05) is 55.3 Å². The zero-order valence-electron chi connectivity index (χ0n) is 19.9. The van der Waals surface area contributed by atoms with Crippen LogP contribution in [-0.4, -0.2) is 28.3 Å². The molecule has 4 nitrogen and oxygen atoms in total. The Morgan fingerprint density at radius 2 is 1.48 bits per heavy atom. The van der Waals surface area contributed by atoms with Gasteiger partial charge in [0.15, 0.2) is 0 Å². The highest BCUT2D eigenvalue weighted by atomic mass is 16.7. The molecule has 0 bridgehead atoms. The molecule has 0 amide bonds. The van der Waals surface area contributed by atoms with Crippen LogP contribution in [0.15, 0.2) is 54.7 Å². The van der Waals surface area contributed by atoms with Crippen LogP contribution in [0.2, 0.25) is 0 Å². The highest BCUT2D eigenvalue weighted by Gasteiger charge is 2.51. The summed E-state index contributed by atoms with van der Waals surface area (Å²) >= 11 is 0. The molecule has 33 heavy (non-hydrogen) atoms. The Kier molecular flexibility index (Phi) is 4.72. The average molecular weight is 438 g/mol. The average Bonchev–Trinajstić information content (AvgIpc) is 3.52. The van der Waals surface area contributed by atoms with Gasteiger partial charge in [0.1, 0.15) is 5.82 Å². The van der Waals surface area contributed by atoms with E-state index in [9.17, 15) is 0 Å². The van der Waals surface area contributed by atoms with Gasteiger partial charge in [0.05, 0.1) is 23.1 Å². The summed E-state index contributed by atoms with van der Waals surface area (Å²) in [5, 5.41) is 4.94. The summed E-state index contributed by atoms with van der Waals surface area (Å²) < 4.78 is 12.5. The van der Waals surface area contributed by atoms with Crippen molar-refractivity contribution in [1.29, 1.82) is 0 Å². The number of imidazole rings is 1. The minimum atomic E-state index is -0.341. The van der Waals surface area contributed by atoms with E-state index in [1.54, 1.807) is 0 Å². The summed E-state index contributed by atoms with van der Waals surface area (Å²) in [5.74, 6) is 1.75. The van der Waals surface area contributed by atoms with Crippen molar-refractivity contribution >= 4 is 34.1 Å². The molecule has 5 heteroatoms. The predicted octanol–water partition coefficient (Wildman–Crippen LogP) is 6.34. The lowest BCUT2D eigenvalue weighted by Gasteiger charge is -2.32. The molecule has 1 aromatic heterocycles. The number of hydrogen-bond acceptors (Lipinski definition) is 3. The molecule has 1 aliphatic heterocycles. The molecule has 0 unspecified atom stereocenters. The van der Waals surface area contributed by atoms with E-state index in [1.165, 1.54) is 52.8 Å². The Balaban J connectivity index is 1.33. The number of benzene rings is 3. The normalized spacial score (nSPS) is 20.3. The molecule has 1 N–H and O–H groups in total. The van der Waals surface area contributed by atoms with E-state index in [2.05, 4.69) is 81.2 Å². The maximum Gasteiger partial charge on any atom is 0.494 e. The van der Waals surface area contributed by atoms with Crippen LogP contribution in [0.25, 0.3) is 32.8 Å².